The molecule has 0 bridgehead atoms. The van der Waals surface area contributed by atoms with Crippen LogP contribution in [-0.2, 0) is 4.79 Å². The number of hydrogen-bond acceptors (Lipinski definition) is 5. The first-order valence-corrected chi connectivity index (χ1v) is 6.48. The largest absolute Gasteiger partial charge is 0.368 e. The third-order valence-corrected chi connectivity index (χ3v) is 2.81. The Balaban J connectivity index is 2.04. The number of nitrogen functional groups attached to an aromatic ring is 1. The van der Waals surface area contributed by atoms with E-state index in [4.69, 9.17) is 17.3 Å². The summed E-state index contributed by atoms with van der Waals surface area (Å²) < 4.78 is 26.1. The fourth-order valence-corrected chi connectivity index (χ4v) is 1.93. The quantitative estimate of drug-likeness (QED) is 0.840. The lowest BCUT2D eigenvalue weighted by molar-refractivity contribution is -0.114. The van der Waals surface area contributed by atoms with E-state index in [-0.39, 0.29) is 23.3 Å². The first kappa shape index (κ1) is 15.9. The molecule has 0 aliphatic rings. The van der Waals surface area contributed by atoms with E-state index < -0.39 is 17.5 Å². The van der Waals surface area contributed by atoms with Gasteiger partial charge in [-0.1, -0.05) is 11.6 Å². The summed E-state index contributed by atoms with van der Waals surface area (Å²) in [7, 11) is 1.59. The third-order valence-electron chi connectivity index (χ3n) is 2.62. The summed E-state index contributed by atoms with van der Waals surface area (Å²) in [6.07, 6.45) is 0. The Hall–Kier alpha value is -2.48. The Morgan fingerprint density at radius 2 is 1.91 bits per heavy atom. The van der Waals surface area contributed by atoms with Crippen molar-refractivity contribution in [3.8, 4) is 0 Å². The molecule has 0 saturated carbocycles. The van der Waals surface area contributed by atoms with Gasteiger partial charge in [0.25, 0.3) is 0 Å². The van der Waals surface area contributed by atoms with Crippen LogP contribution in [0.4, 0.5) is 26.2 Å². The zero-order chi connectivity index (χ0) is 16.3. The molecule has 2 rings (SSSR count). The number of carbonyl (C=O) groups excluding carboxylic acids is 1. The average molecular weight is 328 g/mol. The van der Waals surface area contributed by atoms with Crippen molar-refractivity contribution in [1.29, 1.82) is 0 Å². The molecule has 0 aliphatic carbocycles. The molecule has 3 N–H and O–H groups in total. The fraction of sp³-hybridized carbons (Fsp3) is 0.154. The zero-order valence-corrected chi connectivity index (χ0v) is 12.2. The third kappa shape index (κ3) is 4.26. The van der Waals surface area contributed by atoms with E-state index in [1.54, 1.807) is 7.05 Å². The molecular weight excluding hydrogens is 316 g/mol. The highest BCUT2D eigenvalue weighted by Crippen LogP contribution is 2.16. The number of aromatic nitrogens is 2. The number of anilines is 3. The summed E-state index contributed by atoms with van der Waals surface area (Å²) in [4.78, 5) is 21.0. The molecule has 0 saturated heterocycles. The van der Waals surface area contributed by atoms with Crippen molar-refractivity contribution in [3.63, 3.8) is 0 Å². The van der Waals surface area contributed by atoms with Gasteiger partial charge in [0, 0.05) is 24.9 Å². The van der Waals surface area contributed by atoms with Crippen LogP contribution in [0.1, 0.15) is 0 Å². The summed E-state index contributed by atoms with van der Waals surface area (Å²) in [5, 5.41) is 2.53. The van der Waals surface area contributed by atoms with E-state index >= 15 is 0 Å². The van der Waals surface area contributed by atoms with Gasteiger partial charge in [-0.2, -0.15) is 4.98 Å². The van der Waals surface area contributed by atoms with Gasteiger partial charge in [-0.05, 0) is 12.1 Å². The van der Waals surface area contributed by atoms with Gasteiger partial charge in [-0.3, -0.25) is 4.79 Å². The van der Waals surface area contributed by atoms with Crippen LogP contribution >= 0.6 is 11.6 Å². The molecule has 22 heavy (non-hydrogen) atoms. The molecule has 0 unspecified atom stereocenters. The van der Waals surface area contributed by atoms with Crippen molar-refractivity contribution in [2.24, 2.45) is 0 Å². The van der Waals surface area contributed by atoms with Crippen molar-refractivity contribution >= 4 is 35.0 Å². The van der Waals surface area contributed by atoms with Crippen LogP contribution in [-0.4, -0.2) is 29.5 Å². The van der Waals surface area contributed by atoms with Crippen LogP contribution in [0.15, 0.2) is 24.3 Å². The highest BCUT2D eigenvalue weighted by atomic mass is 35.5. The van der Waals surface area contributed by atoms with E-state index in [9.17, 15) is 13.6 Å². The molecule has 9 heteroatoms. The Morgan fingerprint density at radius 1 is 1.27 bits per heavy atom. The van der Waals surface area contributed by atoms with Crippen LogP contribution in [0.5, 0.6) is 0 Å². The SMILES string of the molecule is CN(CC(=O)Nc1cc(F)cc(F)c1)c1cc(Cl)nc(N)n1. The number of amides is 1. The molecule has 1 aromatic heterocycles. The number of likely N-dealkylation sites (N-methyl/N-ethyl adjacent to an activating group) is 1. The van der Waals surface area contributed by atoms with Gasteiger partial charge < -0.3 is 16.0 Å². The van der Waals surface area contributed by atoms with Crippen molar-refractivity contribution in [2.45, 2.75) is 0 Å². The maximum absolute atomic E-state index is 13.0. The van der Waals surface area contributed by atoms with E-state index in [1.807, 2.05) is 0 Å². The second-order valence-corrected chi connectivity index (χ2v) is 4.86. The van der Waals surface area contributed by atoms with Gasteiger partial charge in [0.2, 0.25) is 11.9 Å². The summed E-state index contributed by atoms with van der Waals surface area (Å²) in [5.74, 6) is -1.72. The van der Waals surface area contributed by atoms with Crippen LogP contribution in [0.2, 0.25) is 5.15 Å². The number of carbonyl (C=O) groups is 1. The number of halogens is 3. The van der Waals surface area contributed by atoms with Gasteiger partial charge in [0.15, 0.2) is 0 Å². The average Bonchev–Trinajstić information content (AvgIpc) is 2.35. The molecule has 0 radical (unpaired) electrons. The zero-order valence-electron chi connectivity index (χ0n) is 11.5. The van der Waals surface area contributed by atoms with Crippen LogP contribution in [0.3, 0.4) is 0 Å². The molecule has 1 amide bonds. The molecule has 0 fully saturated rings. The first-order chi connectivity index (χ1) is 10.3. The van der Waals surface area contributed by atoms with Gasteiger partial charge >= 0.3 is 0 Å². The topological polar surface area (TPSA) is 84.1 Å². The van der Waals surface area contributed by atoms with E-state index in [0.29, 0.717) is 11.9 Å². The molecule has 6 nitrogen and oxygen atoms in total. The number of hydrogen-bond donors (Lipinski definition) is 2. The predicted molar refractivity (Wildman–Crippen MR) is 79.7 cm³/mol. The van der Waals surface area contributed by atoms with Crippen molar-refractivity contribution in [1.82, 2.24) is 9.97 Å². The van der Waals surface area contributed by atoms with Crippen LogP contribution in [0.25, 0.3) is 0 Å². The highest BCUT2D eigenvalue weighted by Gasteiger charge is 2.11. The highest BCUT2D eigenvalue weighted by molar-refractivity contribution is 6.29. The van der Waals surface area contributed by atoms with Gasteiger partial charge in [0.05, 0.1) is 6.54 Å². The lowest BCUT2D eigenvalue weighted by Gasteiger charge is -2.18. The van der Waals surface area contributed by atoms with E-state index in [0.717, 1.165) is 12.1 Å². The van der Waals surface area contributed by atoms with Crippen molar-refractivity contribution < 1.29 is 13.6 Å². The summed E-state index contributed by atoms with van der Waals surface area (Å²) in [6.45, 7) is -0.120. The lowest BCUT2D eigenvalue weighted by Crippen LogP contribution is -2.30. The Morgan fingerprint density at radius 3 is 2.50 bits per heavy atom. The van der Waals surface area contributed by atoms with E-state index in [1.165, 1.54) is 11.0 Å². The lowest BCUT2D eigenvalue weighted by atomic mass is 10.3. The van der Waals surface area contributed by atoms with Gasteiger partial charge in [0.1, 0.15) is 22.6 Å². The predicted octanol–water partition coefficient (Wildman–Crippen LogP) is 2.07. The Bertz CT molecular complexity index is 672. The summed E-state index contributed by atoms with van der Waals surface area (Å²) in [6, 6.07) is 4.18. The van der Waals surface area contributed by atoms with Crippen LogP contribution in [0, 0.1) is 11.6 Å². The Kier molecular flexibility index (Phi) is 4.71. The monoisotopic (exact) mass is 327 g/mol. The van der Waals surface area contributed by atoms with E-state index in [2.05, 4.69) is 15.3 Å². The number of nitrogens with zero attached hydrogens (tertiary/aromatic N) is 3. The minimum Gasteiger partial charge on any atom is -0.368 e. The maximum atomic E-state index is 13.0. The maximum Gasteiger partial charge on any atom is 0.243 e. The number of rotatable bonds is 4. The molecule has 0 spiro atoms. The van der Waals surface area contributed by atoms with Crippen molar-refractivity contribution in [2.75, 3.05) is 29.5 Å². The Labute approximate surface area is 129 Å². The molecule has 2 aromatic rings. The van der Waals surface area contributed by atoms with Gasteiger partial charge in [-0.25, -0.2) is 13.8 Å². The second-order valence-electron chi connectivity index (χ2n) is 4.47. The molecular formula is C13H12ClF2N5O. The molecule has 0 atom stereocenters. The second kappa shape index (κ2) is 6.52. The molecule has 1 aromatic carbocycles. The number of benzene rings is 1. The molecule has 1 heterocycles. The van der Waals surface area contributed by atoms with Crippen molar-refractivity contribution in [3.05, 3.63) is 41.1 Å². The summed E-state index contributed by atoms with van der Waals surface area (Å²) >= 11 is 5.75. The minimum absolute atomic E-state index is 0.0242. The van der Waals surface area contributed by atoms with Gasteiger partial charge in [-0.15, -0.1) is 0 Å². The first-order valence-electron chi connectivity index (χ1n) is 6.10. The standard InChI is InChI=1S/C13H12ClF2N5O/c1-21(11-5-10(14)19-13(17)20-11)6-12(22)18-9-3-7(15)2-8(16)4-9/h2-5H,6H2,1H3,(H,18,22)(H2,17,19,20). The number of nitrogens with two attached hydrogens (primary N) is 1. The number of nitrogens with one attached hydrogen (secondary N) is 1. The normalized spacial score (nSPS) is 10.4. The molecule has 0 aliphatic heterocycles. The molecule has 116 valence electrons. The smallest absolute Gasteiger partial charge is 0.243 e. The fourth-order valence-electron chi connectivity index (χ4n) is 1.74. The minimum atomic E-state index is -0.779. The van der Waals surface area contributed by atoms with Crippen LogP contribution < -0.4 is 16.0 Å². The summed E-state index contributed by atoms with van der Waals surface area (Å²) in [5.41, 5.74) is 5.49.